The number of amides is 1. The van der Waals surface area contributed by atoms with Crippen LogP contribution in [0.5, 0.6) is 0 Å². The molecule has 0 radical (unpaired) electrons. The molecule has 3 aromatic carbocycles. The molecule has 1 aliphatic rings. The van der Waals surface area contributed by atoms with Crippen molar-refractivity contribution >= 4 is 16.7 Å². The van der Waals surface area contributed by atoms with Crippen LogP contribution in [0.3, 0.4) is 0 Å². The minimum atomic E-state index is -4.49. The van der Waals surface area contributed by atoms with E-state index >= 15 is 0 Å². The summed E-state index contributed by atoms with van der Waals surface area (Å²) < 4.78 is 40.2. The zero-order valence-corrected chi connectivity index (χ0v) is 16.8. The maximum atomic E-state index is 13.4. The van der Waals surface area contributed by atoms with E-state index in [1.54, 1.807) is 47.4 Å². The first-order chi connectivity index (χ1) is 14.8. The third kappa shape index (κ3) is 4.03. The lowest BCUT2D eigenvalue weighted by molar-refractivity contribution is -0.137. The van der Waals surface area contributed by atoms with E-state index in [1.807, 2.05) is 0 Å². The molecule has 1 amide bonds. The summed E-state index contributed by atoms with van der Waals surface area (Å²) >= 11 is 0. The van der Waals surface area contributed by atoms with Gasteiger partial charge in [-0.3, -0.25) is 4.79 Å². The number of aliphatic hydroxyl groups is 1. The van der Waals surface area contributed by atoms with Crippen LogP contribution in [-0.4, -0.2) is 35.1 Å². The van der Waals surface area contributed by atoms with Gasteiger partial charge in [-0.1, -0.05) is 30.3 Å². The van der Waals surface area contributed by atoms with Crippen molar-refractivity contribution in [2.45, 2.75) is 31.6 Å². The number of alkyl halides is 3. The molecule has 0 saturated carbocycles. The number of rotatable bonds is 4. The smallest absolute Gasteiger partial charge is 0.394 e. The van der Waals surface area contributed by atoms with E-state index in [0.29, 0.717) is 39.6 Å². The third-order valence-electron chi connectivity index (χ3n) is 5.87. The van der Waals surface area contributed by atoms with Crippen LogP contribution in [0.25, 0.3) is 21.9 Å². The average Bonchev–Trinajstić information content (AvgIpc) is 3.25. The van der Waals surface area contributed by atoms with Gasteiger partial charge in [0.2, 0.25) is 0 Å². The molecule has 31 heavy (non-hydrogen) atoms. The summed E-state index contributed by atoms with van der Waals surface area (Å²) in [5, 5.41) is 10.9. The number of aliphatic hydroxyl groups excluding tert-OH is 1. The highest BCUT2D eigenvalue weighted by Crippen LogP contribution is 2.36. The molecule has 1 atom stereocenters. The lowest BCUT2D eigenvalue weighted by atomic mass is 9.93. The monoisotopic (exact) mass is 428 g/mol. The van der Waals surface area contributed by atoms with Crippen LogP contribution in [0.2, 0.25) is 0 Å². The van der Waals surface area contributed by atoms with Gasteiger partial charge in [0.25, 0.3) is 5.91 Å². The van der Waals surface area contributed by atoms with E-state index in [1.165, 1.54) is 0 Å². The second kappa shape index (κ2) is 8.32. The second-order valence-corrected chi connectivity index (χ2v) is 7.80. The number of halogens is 3. The summed E-state index contributed by atoms with van der Waals surface area (Å²) in [6.45, 7) is 0.477. The molecule has 0 bridgehead atoms. The highest BCUT2D eigenvalue weighted by atomic mass is 19.4. The minimum absolute atomic E-state index is 0.0110. The quantitative estimate of drug-likeness (QED) is 0.639. The Bertz CT molecular complexity index is 1130. The van der Waals surface area contributed by atoms with E-state index < -0.39 is 11.7 Å². The standard InChI is InChI=1S/C24H23F3N2O2/c25-24(26,27)17-11-15(13-28)10-16(12-17)19-5-1-7-21-20(19)6-2-8-22(21)23(31)29-9-3-4-18(29)14-30/h1-2,5-8,10-12,18,30H,3-4,9,13-14,28H2. The Labute approximate surface area is 178 Å². The molecule has 4 nitrogen and oxygen atoms in total. The van der Waals surface area contributed by atoms with Gasteiger partial charge in [-0.2, -0.15) is 13.2 Å². The van der Waals surface area contributed by atoms with Crippen molar-refractivity contribution in [3.8, 4) is 11.1 Å². The number of carbonyl (C=O) groups excluding carboxylic acids is 1. The Morgan fingerprint density at radius 2 is 1.84 bits per heavy atom. The predicted octanol–water partition coefficient (Wildman–Crippen LogP) is 4.58. The topological polar surface area (TPSA) is 66.6 Å². The van der Waals surface area contributed by atoms with E-state index in [-0.39, 0.29) is 25.1 Å². The SMILES string of the molecule is NCc1cc(-c2cccc3c(C(=O)N4CCCC4CO)cccc23)cc(C(F)(F)F)c1. The zero-order valence-electron chi connectivity index (χ0n) is 16.8. The summed E-state index contributed by atoms with van der Waals surface area (Å²) in [6.07, 6.45) is -2.90. The van der Waals surface area contributed by atoms with E-state index in [4.69, 9.17) is 5.73 Å². The third-order valence-corrected chi connectivity index (χ3v) is 5.87. The number of hydrogen-bond acceptors (Lipinski definition) is 3. The van der Waals surface area contributed by atoms with Gasteiger partial charge in [-0.25, -0.2) is 0 Å². The van der Waals surface area contributed by atoms with Gasteiger partial charge in [0.05, 0.1) is 18.2 Å². The van der Waals surface area contributed by atoms with Crippen molar-refractivity contribution < 1.29 is 23.1 Å². The van der Waals surface area contributed by atoms with Gasteiger partial charge in [0.15, 0.2) is 0 Å². The van der Waals surface area contributed by atoms with Crippen LogP contribution < -0.4 is 5.73 Å². The fraction of sp³-hybridized carbons (Fsp3) is 0.292. The molecule has 1 fully saturated rings. The van der Waals surface area contributed by atoms with Crippen molar-refractivity contribution in [3.63, 3.8) is 0 Å². The molecule has 1 unspecified atom stereocenters. The Morgan fingerprint density at radius 1 is 1.10 bits per heavy atom. The summed E-state index contributed by atoms with van der Waals surface area (Å²) in [6, 6.07) is 14.2. The van der Waals surface area contributed by atoms with Gasteiger partial charge in [-0.05, 0) is 64.6 Å². The number of nitrogens with two attached hydrogens (primary N) is 1. The summed E-state index contributed by atoms with van der Waals surface area (Å²) in [5.41, 5.74) is 6.76. The number of carbonyl (C=O) groups is 1. The van der Waals surface area contributed by atoms with Gasteiger partial charge in [0, 0.05) is 18.7 Å². The Balaban J connectivity index is 1.85. The Morgan fingerprint density at radius 3 is 2.55 bits per heavy atom. The first-order valence-electron chi connectivity index (χ1n) is 10.2. The number of benzene rings is 3. The summed E-state index contributed by atoms with van der Waals surface area (Å²) in [4.78, 5) is 14.9. The minimum Gasteiger partial charge on any atom is -0.394 e. The summed E-state index contributed by atoms with van der Waals surface area (Å²) in [5.74, 6) is -0.175. The number of fused-ring (bicyclic) bond motifs is 1. The van der Waals surface area contributed by atoms with Gasteiger partial charge < -0.3 is 15.7 Å². The normalized spacial score (nSPS) is 16.8. The van der Waals surface area contributed by atoms with E-state index in [2.05, 4.69) is 0 Å². The number of likely N-dealkylation sites (tertiary alicyclic amines) is 1. The maximum absolute atomic E-state index is 13.4. The molecule has 3 aromatic rings. The van der Waals surface area contributed by atoms with Crippen LogP contribution in [-0.2, 0) is 12.7 Å². The van der Waals surface area contributed by atoms with Gasteiger partial charge in [0.1, 0.15) is 0 Å². The van der Waals surface area contributed by atoms with Crippen molar-refractivity contribution in [1.29, 1.82) is 0 Å². The maximum Gasteiger partial charge on any atom is 0.416 e. The number of nitrogens with zero attached hydrogens (tertiary/aromatic N) is 1. The molecule has 1 aliphatic heterocycles. The Kier molecular flexibility index (Phi) is 5.73. The predicted molar refractivity (Wildman–Crippen MR) is 113 cm³/mol. The largest absolute Gasteiger partial charge is 0.416 e. The van der Waals surface area contributed by atoms with Crippen LogP contribution in [0, 0.1) is 0 Å². The van der Waals surface area contributed by atoms with Crippen molar-refractivity contribution in [2.75, 3.05) is 13.2 Å². The Hall–Kier alpha value is -2.90. The molecule has 0 aliphatic carbocycles. The van der Waals surface area contributed by atoms with E-state index in [9.17, 15) is 23.1 Å². The molecule has 0 spiro atoms. The van der Waals surface area contributed by atoms with Gasteiger partial charge in [-0.15, -0.1) is 0 Å². The molecule has 3 N–H and O–H groups in total. The molecular weight excluding hydrogens is 405 g/mol. The van der Waals surface area contributed by atoms with Crippen molar-refractivity contribution in [1.82, 2.24) is 4.90 Å². The lowest BCUT2D eigenvalue weighted by Crippen LogP contribution is -2.37. The molecule has 0 aromatic heterocycles. The van der Waals surface area contributed by atoms with Crippen LogP contribution >= 0.6 is 0 Å². The van der Waals surface area contributed by atoms with Crippen molar-refractivity contribution in [3.05, 3.63) is 71.3 Å². The highest BCUT2D eigenvalue weighted by Gasteiger charge is 2.32. The van der Waals surface area contributed by atoms with Crippen molar-refractivity contribution in [2.24, 2.45) is 5.73 Å². The molecular formula is C24H23F3N2O2. The van der Waals surface area contributed by atoms with E-state index in [0.717, 1.165) is 25.0 Å². The second-order valence-electron chi connectivity index (χ2n) is 7.80. The molecule has 1 heterocycles. The molecule has 1 saturated heterocycles. The fourth-order valence-corrected chi connectivity index (χ4v) is 4.32. The first kappa shape index (κ1) is 21.3. The number of hydrogen-bond donors (Lipinski definition) is 2. The average molecular weight is 428 g/mol. The lowest BCUT2D eigenvalue weighted by Gasteiger charge is -2.24. The molecule has 162 valence electrons. The molecule has 7 heteroatoms. The van der Waals surface area contributed by atoms with Crippen LogP contribution in [0.4, 0.5) is 13.2 Å². The fourth-order valence-electron chi connectivity index (χ4n) is 4.32. The van der Waals surface area contributed by atoms with Gasteiger partial charge >= 0.3 is 6.18 Å². The first-order valence-corrected chi connectivity index (χ1v) is 10.2. The molecule has 4 rings (SSSR count). The zero-order chi connectivity index (χ0) is 22.2. The van der Waals surface area contributed by atoms with Crippen LogP contribution in [0.1, 0.15) is 34.3 Å². The summed E-state index contributed by atoms with van der Waals surface area (Å²) in [7, 11) is 0. The highest BCUT2D eigenvalue weighted by molar-refractivity contribution is 6.10. The van der Waals surface area contributed by atoms with Crippen LogP contribution in [0.15, 0.2) is 54.6 Å².